The number of nitrogens with zero attached hydrogens (tertiary/aromatic N) is 1. The van der Waals surface area contributed by atoms with E-state index in [1.807, 2.05) is 12.4 Å². The molecule has 1 aromatic heterocycles. The summed E-state index contributed by atoms with van der Waals surface area (Å²) in [5.74, 6) is 0. The van der Waals surface area contributed by atoms with Crippen LogP contribution in [0.3, 0.4) is 0 Å². The van der Waals surface area contributed by atoms with Gasteiger partial charge in [-0.25, -0.2) is 0 Å². The summed E-state index contributed by atoms with van der Waals surface area (Å²) < 4.78 is 5.35. The molecule has 0 radical (unpaired) electrons. The first kappa shape index (κ1) is 11.8. The highest BCUT2D eigenvalue weighted by Crippen LogP contribution is 2.18. The average Bonchev–Trinajstić information content (AvgIpc) is 2.80. The fourth-order valence-corrected chi connectivity index (χ4v) is 2.56. The molecular formula is C14H15ClN2O. The van der Waals surface area contributed by atoms with Gasteiger partial charge in [0.1, 0.15) is 0 Å². The van der Waals surface area contributed by atoms with Crippen LogP contribution >= 0.6 is 11.6 Å². The van der Waals surface area contributed by atoms with E-state index in [4.69, 9.17) is 16.3 Å². The third-order valence-corrected chi connectivity index (χ3v) is 3.65. The number of hydrogen-bond acceptors (Lipinski definition) is 2. The van der Waals surface area contributed by atoms with E-state index in [-0.39, 0.29) is 0 Å². The number of ether oxygens (including phenoxy) is 1. The molecule has 3 nitrogen and oxygen atoms in total. The van der Waals surface area contributed by atoms with E-state index in [2.05, 4.69) is 22.1 Å². The molecule has 0 spiro atoms. The van der Waals surface area contributed by atoms with Crippen LogP contribution in [0, 0.1) is 0 Å². The average molecular weight is 263 g/mol. The number of hydrogen-bond donors (Lipinski definition) is 1. The van der Waals surface area contributed by atoms with Gasteiger partial charge in [0.05, 0.1) is 23.9 Å². The fraction of sp³-hybridized carbons (Fsp3) is 0.357. The molecule has 0 aliphatic carbocycles. The minimum Gasteiger partial charge on any atom is -0.377 e. The van der Waals surface area contributed by atoms with Crippen LogP contribution in [-0.2, 0) is 4.74 Å². The molecule has 0 saturated carbocycles. The number of aromatic nitrogens is 1. The van der Waals surface area contributed by atoms with Gasteiger partial charge in [-0.05, 0) is 24.8 Å². The lowest BCUT2D eigenvalue weighted by Gasteiger charge is -2.11. The predicted molar refractivity (Wildman–Crippen MR) is 72.6 cm³/mol. The summed E-state index contributed by atoms with van der Waals surface area (Å²) >= 11 is 6.32. The molecule has 2 aliphatic rings. The van der Waals surface area contributed by atoms with Crippen molar-refractivity contribution in [3.63, 3.8) is 0 Å². The number of fused-ring (bicyclic) bond motifs is 1. The van der Waals surface area contributed by atoms with Crippen molar-refractivity contribution in [2.24, 2.45) is 4.99 Å². The molecule has 0 amide bonds. The number of nitrogens with one attached hydrogen (secondary N) is 1. The van der Waals surface area contributed by atoms with E-state index in [1.54, 1.807) is 0 Å². The van der Waals surface area contributed by atoms with Crippen molar-refractivity contribution in [3.8, 4) is 0 Å². The number of halogens is 1. The molecule has 18 heavy (non-hydrogen) atoms. The predicted octanol–water partition coefficient (Wildman–Crippen LogP) is 2.09. The summed E-state index contributed by atoms with van der Waals surface area (Å²) in [5, 5.41) is 2.78. The van der Waals surface area contributed by atoms with Crippen molar-refractivity contribution < 1.29 is 4.74 Å². The molecule has 0 aromatic carbocycles. The Morgan fingerprint density at radius 3 is 3.11 bits per heavy atom. The van der Waals surface area contributed by atoms with Gasteiger partial charge in [-0.1, -0.05) is 23.8 Å². The van der Waals surface area contributed by atoms with Crippen molar-refractivity contribution >= 4 is 22.2 Å². The lowest BCUT2D eigenvalue weighted by molar-refractivity contribution is 0.161. The lowest BCUT2D eigenvalue weighted by Crippen LogP contribution is -2.27. The van der Waals surface area contributed by atoms with Crippen LogP contribution in [-0.4, -0.2) is 18.2 Å². The Bertz CT molecular complexity index is 625. The third kappa shape index (κ3) is 2.16. The molecule has 1 N–H and O–H groups in total. The number of H-pyrrole nitrogens is 1. The number of aromatic amines is 1. The smallest absolute Gasteiger partial charge is 0.0965 e. The fourth-order valence-electron chi connectivity index (χ4n) is 2.31. The SMILES string of the molecule is Cl\C1=c2/[nH]cc(C3=CCOCC3)/c2=N/C=C\CC1. The Balaban J connectivity index is 2.20. The Morgan fingerprint density at radius 1 is 1.33 bits per heavy atom. The van der Waals surface area contributed by atoms with Crippen molar-refractivity contribution in [1.82, 2.24) is 4.98 Å². The monoisotopic (exact) mass is 262 g/mol. The van der Waals surface area contributed by atoms with Gasteiger partial charge in [0.15, 0.2) is 0 Å². The van der Waals surface area contributed by atoms with Crippen LogP contribution in [0.5, 0.6) is 0 Å². The first-order valence-corrected chi connectivity index (χ1v) is 6.60. The molecule has 0 saturated heterocycles. The minimum absolute atomic E-state index is 0.683. The van der Waals surface area contributed by atoms with Crippen molar-refractivity contribution in [2.75, 3.05) is 13.2 Å². The zero-order chi connectivity index (χ0) is 12.4. The zero-order valence-corrected chi connectivity index (χ0v) is 10.8. The highest BCUT2D eigenvalue weighted by molar-refractivity contribution is 6.44. The van der Waals surface area contributed by atoms with Crippen molar-refractivity contribution in [3.05, 3.63) is 40.8 Å². The van der Waals surface area contributed by atoms with Crippen LogP contribution < -0.4 is 10.7 Å². The van der Waals surface area contributed by atoms with E-state index >= 15 is 0 Å². The topological polar surface area (TPSA) is 37.4 Å². The van der Waals surface area contributed by atoms with Crippen molar-refractivity contribution in [1.29, 1.82) is 0 Å². The van der Waals surface area contributed by atoms with Gasteiger partial charge in [-0.15, -0.1) is 0 Å². The van der Waals surface area contributed by atoms with E-state index < -0.39 is 0 Å². The molecule has 1 aromatic rings. The van der Waals surface area contributed by atoms with Crippen LogP contribution in [0.25, 0.3) is 10.6 Å². The van der Waals surface area contributed by atoms with Gasteiger partial charge in [0, 0.05) is 23.0 Å². The largest absolute Gasteiger partial charge is 0.377 e. The quantitative estimate of drug-likeness (QED) is 0.827. The first-order chi connectivity index (χ1) is 8.86. The van der Waals surface area contributed by atoms with E-state index in [0.717, 1.165) is 47.2 Å². The second-order valence-electron chi connectivity index (χ2n) is 4.44. The van der Waals surface area contributed by atoms with Gasteiger partial charge >= 0.3 is 0 Å². The number of allylic oxidation sites excluding steroid dienone is 1. The Hall–Kier alpha value is -1.32. The third-order valence-electron chi connectivity index (χ3n) is 3.27. The van der Waals surface area contributed by atoms with Gasteiger partial charge < -0.3 is 9.72 Å². The molecule has 0 bridgehead atoms. The minimum atomic E-state index is 0.683. The van der Waals surface area contributed by atoms with Crippen molar-refractivity contribution in [2.45, 2.75) is 19.3 Å². The van der Waals surface area contributed by atoms with E-state index in [1.165, 1.54) is 5.57 Å². The summed E-state index contributed by atoms with van der Waals surface area (Å²) in [6.07, 6.45) is 10.8. The molecule has 0 atom stereocenters. The van der Waals surface area contributed by atoms with E-state index in [0.29, 0.717) is 6.61 Å². The molecule has 94 valence electrons. The molecule has 3 heterocycles. The zero-order valence-electron chi connectivity index (χ0n) is 10.1. The number of rotatable bonds is 1. The van der Waals surface area contributed by atoms with Crippen LogP contribution in [0.4, 0.5) is 0 Å². The molecule has 0 fully saturated rings. The van der Waals surface area contributed by atoms with Gasteiger partial charge in [-0.3, -0.25) is 4.99 Å². The summed E-state index contributed by atoms with van der Waals surface area (Å²) in [4.78, 5) is 7.80. The second kappa shape index (κ2) is 5.12. The Kier molecular flexibility index (Phi) is 3.35. The standard InChI is InChI=1S/C14H15ClN2O/c15-12-3-1-2-6-16-13-11(9-17-14(12)13)10-4-7-18-8-5-10/h2,4,6,9,17H,1,3,5,7-8H2/b6-2-,14-12-,16-13-. The Morgan fingerprint density at radius 2 is 2.28 bits per heavy atom. The molecule has 0 unspecified atom stereocenters. The van der Waals surface area contributed by atoms with Gasteiger partial charge in [-0.2, -0.15) is 0 Å². The second-order valence-corrected chi connectivity index (χ2v) is 4.89. The lowest BCUT2D eigenvalue weighted by atomic mass is 10.0. The Labute approximate surface area is 111 Å². The summed E-state index contributed by atoms with van der Waals surface area (Å²) in [7, 11) is 0. The maximum Gasteiger partial charge on any atom is 0.0965 e. The van der Waals surface area contributed by atoms with E-state index in [9.17, 15) is 0 Å². The first-order valence-electron chi connectivity index (χ1n) is 6.22. The maximum atomic E-state index is 6.32. The maximum absolute atomic E-state index is 6.32. The molecule has 2 aliphatic heterocycles. The summed E-state index contributed by atoms with van der Waals surface area (Å²) in [6.45, 7) is 1.46. The van der Waals surface area contributed by atoms with Gasteiger partial charge in [0.2, 0.25) is 0 Å². The van der Waals surface area contributed by atoms with Gasteiger partial charge in [0.25, 0.3) is 0 Å². The molecular weight excluding hydrogens is 248 g/mol. The molecule has 3 rings (SSSR count). The summed E-state index contributed by atoms with van der Waals surface area (Å²) in [5.41, 5.74) is 2.44. The molecule has 4 heteroatoms. The van der Waals surface area contributed by atoms with Crippen LogP contribution in [0.15, 0.2) is 29.5 Å². The highest BCUT2D eigenvalue weighted by atomic mass is 35.5. The highest BCUT2D eigenvalue weighted by Gasteiger charge is 2.12. The van der Waals surface area contributed by atoms with Crippen LogP contribution in [0.2, 0.25) is 0 Å². The van der Waals surface area contributed by atoms with Crippen LogP contribution in [0.1, 0.15) is 24.8 Å². The normalized spacial score (nSPS) is 26.3. The summed E-state index contributed by atoms with van der Waals surface area (Å²) in [6, 6.07) is 0.